The van der Waals surface area contributed by atoms with Crippen LogP contribution in [-0.4, -0.2) is 10.7 Å². The van der Waals surface area contributed by atoms with Gasteiger partial charge in [-0.05, 0) is 46.3 Å². The van der Waals surface area contributed by atoms with Crippen molar-refractivity contribution in [2.24, 2.45) is 5.41 Å². The second kappa shape index (κ2) is 4.54. The van der Waals surface area contributed by atoms with Gasteiger partial charge in [0.1, 0.15) is 5.03 Å². The summed E-state index contributed by atoms with van der Waals surface area (Å²) in [4.78, 5) is 4.30. The molecule has 0 radical (unpaired) electrons. The molecule has 0 saturated heterocycles. The van der Waals surface area contributed by atoms with E-state index in [0.29, 0.717) is 6.42 Å². The summed E-state index contributed by atoms with van der Waals surface area (Å²) in [5.41, 5.74) is 0.288. The Hall–Kier alpha value is -0.530. The fourth-order valence-electron chi connectivity index (χ4n) is 1.42. The molecule has 0 aromatic carbocycles. The lowest BCUT2D eigenvalue weighted by atomic mass is 10.1. The van der Waals surface area contributed by atoms with Gasteiger partial charge in [-0.2, -0.15) is 5.26 Å². The largest absolute Gasteiger partial charge is 0.249 e. The van der Waals surface area contributed by atoms with Crippen molar-refractivity contribution < 1.29 is 0 Å². The number of hydrogen-bond donors (Lipinski definition) is 0. The molecule has 1 heterocycles. The third kappa shape index (κ3) is 2.73. The minimum Gasteiger partial charge on any atom is -0.249 e. The van der Waals surface area contributed by atoms with Gasteiger partial charge in [0.25, 0.3) is 0 Å². The van der Waals surface area contributed by atoms with E-state index < -0.39 is 0 Å². The Kier molecular flexibility index (Phi) is 3.32. The normalized spacial score (nSPS) is 17.1. The molecular weight excluding hydrogens is 272 g/mol. The molecule has 1 saturated carbocycles. The van der Waals surface area contributed by atoms with Crippen LogP contribution in [0.3, 0.4) is 0 Å². The molecular formula is C11H11BrN2S. The molecule has 0 unspecified atom stereocenters. The van der Waals surface area contributed by atoms with Crippen LogP contribution in [0.4, 0.5) is 0 Å². The van der Waals surface area contributed by atoms with Crippen LogP contribution in [0, 0.1) is 16.7 Å². The molecule has 0 aliphatic heterocycles. The standard InChI is InChI=1S/C11H11BrN2S/c12-9-2-1-7-14-10(9)15-8-11(3-4-11)5-6-13/h1-2,7H,3-5,8H2. The minimum absolute atomic E-state index is 0.288. The molecule has 0 atom stereocenters. The average molecular weight is 283 g/mol. The summed E-state index contributed by atoms with van der Waals surface area (Å²) in [6.45, 7) is 0. The molecule has 2 nitrogen and oxygen atoms in total. The van der Waals surface area contributed by atoms with E-state index in [4.69, 9.17) is 5.26 Å². The van der Waals surface area contributed by atoms with Crippen molar-refractivity contribution in [1.29, 1.82) is 5.26 Å². The molecule has 1 fully saturated rings. The van der Waals surface area contributed by atoms with E-state index in [1.54, 1.807) is 18.0 Å². The van der Waals surface area contributed by atoms with Crippen molar-refractivity contribution >= 4 is 27.7 Å². The number of nitriles is 1. The van der Waals surface area contributed by atoms with E-state index in [2.05, 4.69) is 27.0 Å². The Balaban J connectivity index is 1.94. The zero-order chi connectivity index (χ0) is 10.7. The predicted molar refractivity (Wildman–Crippen MR) is 64.6 cm³/mol. The lowest BCUT2D eigenvalue weighted by Gasteiger charge is -2.09. The second-order valence-electron chi connectivity index (χ2n) is 3.91. The minimum atomic E-state index is 0.288. The highest BCUT2D eigenvalue weighted by Crippen LogP contribution is 2.51. The highest BCUT2D eigenvalue weighted by atomic mass is 79.9. The molecule has 4 heteroatoms. The van der Waals surface area contributed by atoms with Gasteiger partial charge in [-0.1, -0.05) is 0 Å². The highest BCUT2D eigenvalue weighted by Gasteiger charge is 2.42. The number of nitrogens with zero attached hydrogens (tertiary/aromatic N) is 2. The molecule has 1 aromatic heterocycles. The smallest absolute Gasteiger partial charge is 0.110 e. The third-order valence-electron chi connectivity index (χ3n) is 2.65. The number of thioether (sulfide) groups is 1. The SMILES string of the molecule is N#CCC1(CSc2ncccc2Br)CC1. The zero-order valence-electron chi connectivity index (χ0n) is 8.24. The molecule has 15 heavy (non-hydrogen) atoms. The van der Waals surface area contributed by atoms with Crippen LogP contribution in [-0.2, 0) is 0 Å². The number of rotatable bonds is 4. The quantitative estimate of drug-likeness (QED) is 0.792. The van der Waals surface area contributed by atoms with Crippen molar-refractivity contribution in [2.75, 3.05) is 5.75 Å². The fraction of sp³-hybridized carbons (Fsp3) is 0.455. The molecule has 1 aliphatic carbocycles. The van der Waals surface area contributed by atoms with E-state index in [0.717, 1.165) is 15.3 Å². The van der Waals surface area contributed by atoms with E-state index in [-0.39, 0.29) is 5.41 Å². The highest BCUT2D eigenvalue weighted by molar-refractivity contribution is 9.10. The molecule has 0 N–H and O–H groups in total. The molecule has 0 spiro atoms. The van der Waals surface area contributed by atoms with Crippen molar-refractivity contribution in [3.05, 3.63) is 22.8 Å². The second-order valence-corrected chi connectivity index (χ2v) is 5.73. The first-order valence-electron chi connectivity index (χ1n) is 4.86. The summed E-state index contributed by atoms with van der Waals surface area (Å²) in [5, 5.41) is 9.74. The van der Waals surface area contributed by atoms with Crippen LogP contribution >= 0.6 is 27.7 Å². The Morgan fingerprint density at radius 1 is 1.60 bits per heavy atom. The maximum Gasteiger partial charge on any atom is 0.110 e. The van der Waals surface area contributed by atoms with Gasteiger partial charge in [0, 0.05) is 22.8 Å². The summed E-state index contributed by atoms with van der Waals surface area (Å²) in [7, 11) is 0. The Morgan fingerprint density at radius 2 is 2.40 bits per heavy atom. The molecule has 1 aromatic rings. The molecule has 0 amide bonds. The zero-order valence-corrected chi connectivity index (χ0v) is 10.6. The maximum atomic E-state index is 8.71. The van der Waals surface area contributed by atoms with E-state index in [9.17, 15) is 0 Å². The average Bonchev–Trinajstić information content (AvgIpc) is 2.98. The van der Waals surface area contributed by atoms with Crippen molar-refractivity contribution in [3.63, 3.8) is 0 Å². The van der Waals surface area contributed by atoms with Gasteiger partial charge in [-0.15, -0.1) is 11.8 Å². The van der Waals surface area contributed by atoms with Gasteiger partial charge < -0.3 is 0 Å². The number of pyridine rings is 1. The topological polar surface area (TPSA) is 36.7 Å². The maximum absolute atomic E-state index is 8.71. The lowest BCUT2D eigenvalue weighted by Crippen LogP contribution is -2.02. The summed E-state index contributed by atoms with van der Waals surface area (Å²) >= 11 is 5.22. The molecule has 0 bridgehead atoms. The first-order valence-corrected chi connectivity index (χ1v) is 6.64. The van der Waals surface area contributed by atoms with Crippen molar-refractivity contribution in [2.45, 2.75) is 24.3 Å². The first-order chi connectivity index (χ1) is 7.26. The third-order valence-corrected chi connectivity index (χ3v) is 4.91. The van der Waals surface area contributed by atoms with E-state index in [1.807, 2.05) is 12.1 Å². The number of aromatic nitrogens is 1. The van der Waals surface area contributed by atoms with E-state index >= 15 is 0 Å². The number of hydrogen-bond acceptors (Lipinski definition) is 3. The Bertz CT molecular complexity index is 396. The van der Waals surface area contributed by atoms with Crippen molar-refractivity contribution in [1.82, 2.24) is 4.98 Å². The van der Waals surface area contributed by atoms with Gasteiger partial charge in [0.2, 0.25) is 0 Å². The van der Waals surface area contributed by atoms with Crippen LogP contribution < -0.4 is 0 Å². The van der Waals surface area contributed by atoms with Gasteiger partial charge >= 0.3 is 0 Å². The first kappa shape index (κ1) is 11.0. The van der Waals surface area contributed by atoms with Crippen LogP contribution in [0.15, 0.2) is 27.8 Å². The van der Waals surface area contributed by atoms with Gasteiger partial charge in [0.15, 0.2) is 0 Å². The Morgan fingerprint density at radius 3 is 3.00 bits per heavy atom. The summed E-state index contributed by atoms with van der Waals surface area (Å²) < 4.78 is 1.04. The predicted octanol–water partition coefficient (Wildman–Crippen LogP) is 3.63. The van der Waals surface area contributed by atoms with Crippen molar-refractivity contribution in [3.8, 4) is 6.07 Å². The van der Waals surface area contributed by atoms with Crippen LogP contribution in [0.5, 0.6) is 0 Å². The monoisotopic (exact) mass is 282 g/mol. The van der Waals surface area contributed by atoms with Gasteiger partial charge in [-0.25, -0.2) is 4.98 Å². The van der Waals surface area contributed by atoms with Gasteiger partial charge in [0.05, 0.1) is 6.07 Å². The number of halogens is 1. The molecule has 78 valence electrons. The summed E-state index contributed by atoms with van der Waals surface area (Å²) in [6.07, 6.45) is 4.87. The lowest BCUT2D eigenvalue weighted by molar-refractivity contribution is 0.603. The van der Waals surface area contributed by atoms with Gasteiger partial charge in [-0.3, -0.25) is 0 Å². The Labute approximate surface area is 102 Å². The molecule has 1 aliphatic rings. The molecule has 2 rings (SSSR count). The fourth-order valence-corrected chi connectivity index (χ4v) is 3.19. The van der Waals surface area contributed by atoms with Crippen LogP contribution in [0.25, 0.3) is 0 Å². The summed E-state index contributed by atoms with van der Waals surface area (Å²) in [5.74, 6) is 1.01. The van der Waals surface area contributed by atoms with Crippen LogP contribution in [0.2, 0.25) is 0 Å². The van der Waals surface area contributed by atoms with Crippen LogP contribution in [0.1, 0.15) is 19.3 Å². The summed E-state index contributed by atoms with van der Waals surface area (Å²) in [6, 6.07) is 6.19. The van der Waals surface area contributed by atoms with E-state index in [1.165, 1.54) is 12.8 Å².